The summed E-state index contributed by atoms with van der Waals surface area (Å²) < 4.78 is 13.3. The lowest BCUT2D eigenvalue weighted by molar-refractivity contribution is -0.384. The number of rotatable bonds is 3. The SMILES string of the molecule is CC(O)C1CCN(c2cc(F)ccc2[N+](=O)[O-])CC1. The third-order valence-electron chi connectivity index (χ3n) is 3.70. The van der Waals surface area contributed by atoms with Crippen LogP contribution < -0.4 is 4.90 Å². The molecule has 1 unspecified atom stereocenters. The Morgan fingerprint density at radius 3 is 2.63 bits per heavy atom. The molecule has 1 aliphatic heterocycles. The number of nitrogens with zero attached hydrogens (tertiary/aromatic N) is 2. The molecule has 0 spiro atoms. The highest BCUT2D eigenvalue weighted by molar-refractivity contribution is 5.63. The van der Waals surface area contributed by atoms with E-state index >= 15 is 0 Å². The van der Waals surface area contributed by atoms with E-state index in [0.717, 1.165) is 18.9 Å². The van der Waals surface area contributed by atoms with E-state index in [1.165, 1.54) is 12.1 Å². The van der Waals surface area contributed by atoms with Gasteiger partial charge >= 0.3 is 0 Å². The standard InChI is InChI=1S/C13H17FN2O3/c1-9(17)10-4-6-15(7-5-10)13-8-11(14)2-3-12(13)16(18)19/h2-3,8-10,17H,4-7H2,1H3. The molecule has 0 aromatic heterocycles. The summed E-state index contributed by atoms with van der Waals surface area (Å²) in [7, 11) is 0. The van der Waals surface area contributed by atoms with Crippen LogP contribution in [0.4, 0.5) is 15.8 Å². The normalized spacial score (nSPS) is 18.4. The Kier molecular flexibility index (Phi) is 3.99. The fourth-order valence-corrected chi connectivity index (χ4v) is 2.53. The van der Waals surface area contributed by atoms with Crippen LogP contribution in [0.25, 0.3) is 0 Å². The fourth-order valence-electron chi connectivity index (χ4n) is 2.53. The molecule has 1 saturated heterocycles. The molecular formula is C13H17FN2O3. The minimum atomic E-state index is -0.491. The largest absolute Gasteiger partial charge is 0.393 e. The van der Waals surface area contributed by atoms with Crippen molar-refractivity contribution in [2.45, 2.75) is 25.9 Å². The topological polar surface area (TPSA) is 66.6 Å². The molecule has 0 aliphatic carbocycles. The van der Waals surface area contributed by atoms with Gasteiger partial charge in [0.05, 0.1) is 11.0 Å². The van der Waals surface area contributed by atoms with Crippen molar-refractivity contribution in [2.24, 2.45) is 5.92 Å². The molecule has 1 fully saturated rings. The molecule has 1 aromatic rings. The van der Waals surface area contributed by atoms with Crippen molar-refractivity contribution in [3.05, 3.63) is 34.1 Å². The highest BCUT2D eigenvalue weighted by Gasteiger charge is 2.27. The van der Waals surface area contributed by atoms with Gasteiger partial charge in [0.15, 0.2) is 0 Å². The number of hydrogen-bond acceptors (Lipinski definition) is 4. The summed E-state index contributed by atoms with van der Waals surface area (Å²) >= 11 is 0. The summed E-state index contributed by atoms with van der Waals surface area (Å²) in [5.41, 5.74) is 0.255. The van der Waals surface area contributed by atoms with E-state index in [-0.39, 0.29) is 17.7 Å². The molecule has 1 atom stereocenters. The maximum atomic E-state index is 13.3. The monoisotopic (exact) mass is 268 g/mol. The van der Waals surface area contributed by atoms with Crippen LogP contribution in [0.5, 0.6) is 0 Å². The molecule has 1 N–H and O–H groups in total. The predicted octanol–water partition coefficient (Wildman–Crippen LogP) is 2.33. The Morgan fingerprint density at radius 1 is 1.47 bits per heavy atom. The number of piperidine rings is 1. The summed E-state index contributed by atoms with van der Waals surface area (Å²) in [4.78, 5) is 12.3. The Balaban J connectivity index is 2.19. The smallest absolute Gasteiger partial charge is 0.292 e. The van der Waals surface area contributed by atoms with Crippen molar-refractivity contribution in [3.63, 3.8) is 0 Å². The Bertz CT molecular complexity index is 471. The first-order valence-electron chi connectivity index (χ1n) is 6.36. The molecule has 0 saturated carbocycles. The lowest BCUT2D eigenvalue weighted by atomic mass is 9.92. The van der Waals surface area contributed by atoms with Gasteiger partial charge in [-0.1, -0.05) is 0 Å². The second-order valence-corrected chi connectivity index (χ2v) is 4.96. The Labute approximate surface area is 110 Å². The van der Waals surface area contributed by atoms with Gasteiger partial charge in [0.1, 0.15) is 11.5 Å². The van der Waals surface area contributed by atoms with Crippen LogP contribution >= 0.6 is 0 Å². The van der Waals surface area contributed by atoms with Crippen molar-refractivity contribution >= 4 is 11.4 Å². The predicted molar refractivity (Wildman–Crippen MR) is 69.7 cm³/mol. The van der Waals surface area contributed by atoms with Gasteiger partial charge in [-0.05, 0) is 31.7 Å². The number of halogens is 1. The van der Waals surface area contributed by atoms with Gasteiger partial charge in [-0.25, -0.2) is 4.39 Å². The van der Waals surface area contributed by atoms with Crippen LogP contribution in [0.1, 0.15) is 19.8 Å². The molecule has 0 radical (unpaired) electrons. The van der Waals surface area contributed by atoms with Crippen molar-refractivity contribution in [3.8, 4) is 0 Å². The summed E-state index contributed by atoms with van der Waals surface area (Å²) in [6.07, 6.45) is 1.14. The fraction of sp³-hybridized carbons (Fsp3) is 0.538. The van der Waals surface area contributed by atoms with Crippen molar-refractivity contribution in [2.75, 3.05) is 18.0 Å². The van der Waals surface area contributed by atoms with Crippen molar-refractivity contribution in [1.82, 2.24) is 0 Å². The molecule has 5 nitrogen and oxygen atoms in total. The maximum Gasteiger partial charge on any atom is 0.292 e. The average Bonchev–Trinajstić information content (AvgIpc) is 2.38. The second kappa shape index (κ2) is 5.52. The quantitative estimate of drug-likeness (QED) is 0.675. The van der Waals surface area contributed by atoms with E-state index < -0.39 is 10.7 Å². The average molecular weight is 268 g/mol. The third kappa shape index (κ3) is 3.01. The number of aliphatic hydroxyl groups is 1. The summed E-state index contributed by atoms with van der Waals surface area (Å²) in [5, 5.41) is 20.5. The molecule has 1 aliphatic rings. The van der Waals surface area contributed by atoms with E-state index in [2.05, 4.69) is 0 Å². The molecular weight excluding hydrogens is 251 g/mol. The first kappa shape index (κ1) is 13.7. The van der Waals surface area contributed by atoms with Crippen LogP contribution in [0, 0.1) is 21.8 Å². The minimum Gasteiger partial charge on any atom is -0.393 e. The van der Waals surface area contributed by atoms with Gasteiger partial charge in [-0.15, -0.1) is 0 Å². The number of anilines is 1. The molecule has 19 heavy (non-hydrogen) atoms. The van der Waals surface area contributed by atoms with Gasteiger partial charge in [0.2, 0.25) is 0 Å². The molecule has 1 aromatic carbocycles. The van der Waals surface area contributed by atoms with E-state index in [4.69, 9.17) is 0 Å². The van der Waals surface area contributed by atoms with Gasteiger partial charge < -0.3 is 10.0 Å². The molecule has 104 valence electrons. The Hall–Kier alpha value is -1.69. The summed E-state index contributed by atoms with van der Waals surface area (Å²) in [6.45, 7) is 2.95. The van der Waals surface area contributed by atoms with E-state index in [9.17, 15) is 19.6 Å². The van der Waals surface area contributed by atoms with Crippen LogP contribution in [0.3, 0.4) is 0 Å². The first-order chi connectivity index (χ1) is 8.99. The number of hydrogen-bond donors (Lipinski definition) is 1. The van der Waals surface area contributed by atoms with Crippen LogP contribution in [-0.2, 0) is 0 Å². The van der Waals surface area contributed by atoms with Crippen molar-refractivity contribution in [1.29, 1.82) is 0 Å². The summed E-state index contributed by atoms with van der Waals surface area (Å²) in [6, 6.07) is 3.51. The van der Waals surface area contributed by atoms with Gasteiger partial charge in [-0.2, -0.15) is 0 Å². The molecule has 1 heterocycles. The highest BCUT2D eigenvalue weighted by Crippen LogP contribution is 2.32. The zero-order chi connectivity index (χ0) is 14.0. The number of benzene rings is 1. The minimum absolute atomic E-state index is 0.0723. The number of nitro benzene ring substituents is 1. The number of nitro groups is 1. The maximum absolute atomic E-state index is 13.3. The second-order valence-electron chi connectivity index (χ2n) is 4.96. The summed E-state index contributed by atoms with van der Waals surface area (Å²) in [5.74, 6) is -0.262. The first-order valence-corrected chi connectivity index (χ1v) is 6.36. The van der Waals surface area contributed by atoms with E-state index in [0.29, 0.717) is 18.8 Å². The van der Waals surface area contributed by atoms with E-state index in [1.807, 2.05) is 4.90 Å². The van der Waals surface area contributed by atoms with Crippen LogP contribution in [0.2, 0.25) is 0 Å². The van der Waals surface area contributed by atoms with Gasteiger partial charge in [0.25, 0.3) is 5.69 Å². The van der Waals surface area contributed by atoms with Crippen molar-refractivity contribution < 1.29 is 14.4 Å². The molecule has 0 amide bonds. The molecule has 6 heteroatoms. The zero-order valence-corrected chi connectivity index (χ0v) is 10.8. The highest BCUT2D eigenvalue weighted by atomic mass is 19.1. The van der Waals surface area contributed by atoms with Crippen LogP contribution in [0.15, 0.2) is 18.2 Å². The zero-order valence-electron chi connectivity index (χ0n) is 10.8. The lowest BCUT2D eigenvalue weighted by Crippen LogP contribution is -2.37. The van der Waals surface area contributed by atoms with E-state index in [1.54, 1.807) is 6.92 Å². The number of aliphatic hydroxyl groups excluding tert-OH is 1. The third-order valence-corrected chi connectivity index (χ3v) is 3.70. The molecule has 0 bridgehead atoms. The molecule has 2 rings (SSSR count). The van der Waals surface area contributed by atoms with Gasteiger partial charge in [0, 0.05) is 25.2 Å². The Morgan fingerprint density at radius 2 is 2.11 bits per heavy atom. The lowest BCUT2D eigenvalue weighted by Gasteiger charge is -2.34. The van der Waals surface area contributed by atoms with Gasteiger partial charge in [-0.3, -0.25) is 10.1 Å². The van der Waals surface area contributed by atoms with Crippen LogP contribution in [-0.4, -0.2) is 29.2 Å².